The summed E-state index contributed by atoms with van der Waals surface area (Å²) in [6.45, 7) is 3.41. The van der Waals surface area contributed by atoms with E-state index in [9.17, 15) is 4.79 Å². The van der Waals surface area contributed by atoms with Gasteiger partial charge < -0.3 is 20.7 Å². The topological polar surface area (TPSA) is 88.2 Å². The molecule has 0 amide bonds. The van der Waals surface area contributed by atoms with Crippen molar-refractivity contribution in [2.45, 2.75) is 13.0 Å². The van der Waals surface area contributed by atoms with Gasteiger partial charge in [-0.2, -0.15) is 0 Å². The number of methoxy groups -OCH3 is 1. The van der Waals surface area contributed by atoms with Crippen LogP contribution >= 0.6 is 0 Å². The average Bonchev–Trinajstić information content (AvgIpc) is 2.64. The van der Waals surface area contributed by atoms with Gasteiger partial charge in [0.2, 0.25) is 0 Å². The molecule has 1 aliphatic rings. The van der Waals surface area contributed by atoms with Crippen LogP contribution in [0, 0.1) is 0 Å². The zero-order valence-electron chi connectivity index (χ0n) is 15.2. The number of carbonyl (C=O) groups excluding carboxylic acids is 1. The molecule has 7 heteroatoms. The minimum atomic E-state index is 0.0246. The van der Waals surface area contributed by atoms with E-state index in [-0.39, 0.29) is 5.78 Å². The number of hydrogen-bond acceptors (Lipinski definition) is 7. The molecule has 3 N–H and O–H groups in total. The van der Waals surface area contributed by atoms with Gasteiger partial charge in [0.1, 0.15) is 17.9 Å². The molecule has 4 rings (SSSR count). The molecule has 0 unspecified atom stereocenters. The van der Waals surface area contributed by atoms with Gasteiger partial charge in [0.05, 0.1) is 24.4 Å². The summed E-state index contributed by atoms with van der Waals surface area (Å²) < 4.78 is 5.52. The van der Waals surface area contributed by atoms with Crippen LogP contribution in [-0.2, 0) is 0 Å². The first-order chi connectivity index (χ1) is 13.1. The molecule has 27 heavy (non-hydrogen) atoms. The van der Waals surface area contributed by atoms with E-state index in [1.807, 2.05) is 30.3 Å². The number of ketones is 1. The second kappa shape index (κ2) is 7.20. The third kappa shape index (κ3) is 3.54. The Morgan fingerprint density at radius 1 is 1.22 bits per heavy atom. The second-order valence-corrected chi connectivity index (χ2v) is 6.55. The van der Waals surface area contributed by atoms with E-state index in [4.69, 9.17) is 4.74 Å². The number of Topliss-reactive ketones (excluding diaryl/α,β-unsaturated/α-hetero) is 1. The third-order valence-corrected chi connectivity index (χ3v) is 4.63. The predicted molar refractivity (Wildman–Crippen MR) is 106 cm³/mol. The zero-order chi connectivity index (χ0) is 18.8. The number of anilines is 3. The van der Waals surface area contributed by atoms with E-state index in [1.165, 1.54) is 6.33 Å². The fourth-order valence-corrected chi connectivity index (χ4v) is 3.03. The van der Waals surface area contributed by atoms with E-state index in [0.29, 0.717) is 17.4 Å². The Morgan fingerprint density at radius 2 is 2.07 bits per heavy atom. The number of ether oxygens (including phenoxy) is 1. The van der Waals surface area contributed by atoms with E-state index in [1.54, 1.807) is 20.1 Å². The average molecular weight is 363 g/mol. The highest BCUT2D eigenvalue weighted by atomic mass is 16.5. The largest absolute Gasteiger partial charge is 0.495 e. The normalized spacial score (nSPS) is 13.9. The van der Waals surface area contributed by atoms with Crippen molar-refractivity contribution in [2.24, 2.45) is 0 Å². The number of nitrogens with one attached hydrogen (secondary N) is 3. The molecule has 3 aromatic rings. The van der Waals surface area contributed by atoms with Crippen LogP contribution in [0.3, 0.4) is 0 Å². The van der Waals surface area contributed by atoms with Gasteiger partial charge in [-0.1, -0.05) is 12.1 Å². The summed E-state index contributed by atoms with van der Waals surface area (Å²) in [5.74, 6) is 1.45. The molecule has 1 saturated heterocycles. The summed E-state index contributed by atoms with van der Waals surface area (Å²) in [5.41, 5.74) is 3.15. The van der Waals surface area contributed by atoms with Crippen LogP contribution in [0.2, 0.25) is 0 Å². The maximum absolute atomic E-state index is 11.6. The van der Waals surface area contributed by atoms with E-state index < -0.39 is 0 Å². The van der Waals surface area contributed by atoms with Crippen LogP contribution in [-0.4, -0.2) is 42.0 Å². The van der Waals surface area contributed by atoms with Crippen molar-refractivity contribution in [2.75, 3.05) is 30.8 Å². The summed E-state index contributed by atoms with van der Waals surface area (Å²) >= 11 is 0. The van der Waals surface area contributed by atoms with Crippen LogP contribution in [0.1, 0.15) is 17.3 Å². The van der Waals surface area contributed by atoms with Gasteiger partial charge in [0.25, 0.3) is 0 Å². The molecule has 0 atom stereocenters. The number of hydrogen-bond donors (Lipinski definition) is 3. The van der Waals surface area contributed by atoms with Crippen molar-refractivity contribution in [3.8, 4) is 5.75 Å². The molecule has 7 nitrogen and oxygen atoms in total. The molecule has 2 heterocycles. The van der Waals surface area contributed by atoms with Crippen LogP contribution in [0.4, 0.5) is 17.2 Å². The van der Waals surface area contributed by atoms with Crippen LogP contribution < -0.4 is 20.7 Å². The lowest BCUT2D eigenvalue weighted by Crippen LogP contribution is -2.51. The van der Waals surface area contributed by atoms with Crippen LogP contribution in [0.5, 0.6) is 5.75 Å². The van der Waals surface area contributed by atoms with Crippen molar-refractivity contribution in [1.29, 1.82) is 0 Å². The third-order valence-electron chi connectivity index (χ3n) is 4.63. The number of nitrogens with zero attached hydrogens (tertiary/aromatic N) is 2. The molecule has 0 radical (unpaired) electrons. The van der Waals surface area contributed by atoms with Gasteiger partial charge in [-0.15, -0.1) is 0 Å². The quantitative estimate of drug-likeness (QED) is 0.580. The molecule has 1 fully saturated rings. The number of benzene rings is 2. The first-order valence-corrected chi connectivity index (χ1v) is 8.82. The fraction of sp³-hybridized carbons (Fsp3) is 0.250. The summed E-state index contributed by atoms with van der Waals surface area (Å²) in [6, 6.07) is 11.7. The van der Waals surface area contributed by atoms with Crippen molar-refractivity contribution < 1.29 is 9.53 Å². The highest BCUT2D eigenvalue weighted by Crippen LogP contribution is 2.33. The van der Waals surface area contributed by atoms with Crippen molar-refractivity contribution >= 4 is 33.9 Å². The summed E-state index contributed by atoms with van der Waals surface area (Å²) in [5, 5.41) is 10.9. The summed E-state index contributed by atoms with van der Waals surface area (Å²) in [6.07, 6.45) is 1.52. The van der Waals surface area contributed by atoms with Crippen molar-refractivity contribution in [1.82, 2.24) is 15.3 Å². The van der Waals surface area contributed by atoms with Gasteiger partial charge in [-0.05, 0) is 25.1 Å². The first kappa shape index (κ1) is 17.2. The maximum atomic E-state index is 11.6. The molecule has 0 aliphatic carbocycles. The monoisotopic (exact) mass is 363 g/mol. The highest BCUT2D eigenvalue weighted by Gasteiger charge is 2.19. The zero-order valence-corrected chi connectivity index (χ0v) is 15.2. The predicted octanol–water partition coefficient (Wildman–Crippen LogP) is 2.97. The number of rotatable bonds is 6. The Labute approximate surface area is 157 Å². The molecular formula is C20H21N5O2. The van der Waals surface area contributed by atoms with Gasteiger partial charge in [-0.3, -0.25) is 4.79 Å². The standard InChI is InChI=1S/C20H21N5O2/c1-12(26)13-4-3-5-14(6-13)25-20-16-7-18(24-15-9-21-10-15)19(27-2)8-17(16)22-11-23-20/h3-8,11,15,21,24H,9-10H2,1-2H3,(H,22,23,25). The lowest BCUT2D eigenvalue weighted by Gasteiger charge is -2.29. The Hall–Kier alpha value is -3.19. The minimum Gasteiger partial charge on any atom is -0.495 e. The SMILES string of the molecule is COc1cc2ncnc(Nc3cccc(C(C)=O)c3)c2cc1NC1CNC1. The van der Waals surface area contributed by atoms with Gasteiger partial charge in [-0.25, -0.2) is 9.97 Å². The van der Waals surface area contributed by atoms with Gasteiger partial charge in [0.15, 0.2) is 5.78 Å². The minimum absolute atomic E-state index is 0.0246. The molecule has 0 saturated carbocycles. The Morgan fingerprint density at radius 3 is 2.78 bits per heavy atom. The molecular weight excluding hydrogens is 342 g/mol. The Kier molecular flexibility index (Phi) is 4.60. The van der Waals surface area contributed by atoms with Crippen LogP contribution in [0.15, 0.2) is 42.7 Å². The van der Waals surface area contributed by atoms with E-state index in [2.05, 4.69) is 25.9 Å². The maximum Gasteiger partial charge on any atom is 0.159 e. The summed E-state index contributed by atoms with van der Waals surface area (Å²) in [7, 11) is 1.65. The molecule has 0 spiro atoms. The number of carbonyl (C=O) groups is 1. The van der Waals surface area contributed by atoms with Crippen molar-refractivity contribution in [3.63, 3.8) is 0 Å². The molecule has 0 bridgehead atoms. The van der Waals surface area contributed by atoms with Gasteiger partial charge >= 0.3 is 0 Å². The smallest absolute Gasteiger partial charge is 0.159 e. The molecule has 2 aromatic carbocycles. The molecule has 1 aliphatic heterocycles. The fourth-order valence-electron chi connectivity index (χ4n) is 3.03. The van der Waals surface area contributed by atoms with Crippen LogP contribution in [0.25, 0.3) is 10.9 Å². The number of fused-ring (bicyclic) bond motifs is 1. The van der Waals surface area contributed by atoms with Gasteiger partial charge in [0, 0.05) is 35.8 Å². The van der Waals surface area contributed by atoms with Crippen molar-refractivity contribution in [3.05, 3.63) is 48.3 Å². The summed E-state index contributed by atoms with van der Waals surface area (Å²) in [4.78, 5) is 20.4. The van der Waals surface area contributed by atoms with E-state index in [0.717, 1.165) is 41.1 Å². The molecule has 138 valence electrons. The second-order valence-electron chi connectivity index (χ2n) is 6.55. The Bertz CT molecular complexity index is 1000. The Balaban J connectivity index is 1.72. The lowest BCUT2D eigenvalue weighted by molar-refractivity contribution is 0.101. The highest BCUT2D eigenvalue weighted by molar-refractivity contribution is 5.97. The molecule has 1 aromatic heterocycles. The van der Waals surface area contributed by atoms with E-state index >= 15 is 0 Å². The lowest BCUT2D eigenvalue weighted by atomic mass is 10.1. The number of aromatic nitrogens is 2. The first-order valence-electron chi connectivity index (χ1n) is 8.82.